The van der Waals surface area contributed by atoms with Gasteiger partial charge in [-0.3, -0.25) is 4.90 Å². The van der Waals surface area contributed by atoms with Crippen molar-refractivity contribution in [1.29, 1.82) is 0 Å². The van der Waals surface area contributed by atoms with Crippen LogP contribution in [0, 0.1) is 11.6 Å². The molecule has 0 amide bonds. The van der Waals surface area contributed by atoms with Gasteiger partial charge in [-0.25, -0.2) is 8.78 Å². The van der Waals surface area contributed by atoms with Gasteiger partial charge in [-0.05, 0) is 55.0 Å². The molecule has 0 aliphatic carbocycles. The zero-order valence-electron chi connectivity index (χ0n) is 13.6. The molecule has 1 nitrogen and oxygen atoms in total. The van der Waals surface area contributed by atoms with Gasteiger partial charge in [0.1, 0.15) is 11.6 Å². The first-order valence-corrected chi connectivity index (χ1v) is 8.62. The summed E-state index contributed by atoms with van der Waals surface area (Å²) < 4.78 is 27.3. The Hall–Kier alpha value is -2.00. The van der Waals surface area contributed by atoms with Crippen LogP contribution in [-0.4, -0.2) is 17.0 Å². The largest absolute Gasteiger partial charge is 0.289 e. The van der Waals surface area contributed by atoms with Crippen molar-refractivity contribution >= 4 is 0 Å². The second kappa shape index (κ2) is 6.48. The molecule has 2 atom stereocenters. The minimum atomic E-state index is -0.364. The molecule has 2 aliphatic heterocycles. The summed E-state index contributed by atoms with van der Waals surface area (Å²) in [6.45, 7) is 0.967. The maximum Gasteiger partial charge on any atom is 0.126 e. The van der Waals surface area contributed by atoms with Gasteiger partial charge in [-0.15, -0.1) is 0 Å². The van der Waals surface area contributed by atoms with Gasteiger partial charge in [0.2, 0.25) is 0 Å². The smallest absolute Gasteiger partial charge is 0.126 e. The van der Waals surface area contributed by atoms with Crippen LogP contribution in [-0.2, 0) is 13.0 Å². The minimum absolute atomic E-state index is 0.309. The zero-order chi connectivity index (χ0) is 16.5. The van der Waals surface area contributed by atoms with Gasteiger partial charge in [0.15, 0.2) is 0 Å². The molecule has 0 N–H and O–H groups in total. The Bertz CT molecular complexity index is 754. The first-order valence-electron chi connectivity index (χ1n) is 8.62. The highest BCUT2D eigenvalue weighted by atomic mass is 19.1. The van der Waals surface area contributed by atoms with E-state index in [9.17, 15) is 8.78 Å². The topological polar surface area (TPSA) is 3.24 Å². The molecule has 124 valence electrons. The molecular formula is C21H21F2N. The summed E-state index contributed by atoms with van der Waals surface area (Å²) in [4.78, 5) is 2.56. The molecule has 2 aliphatic rings. The monoisotopic (exact) mass is 325 g/mol. The van der Waals surface area contributed by atoms with Gasteiger partial charge in [0.25, 0.3) is 0 Å². The van der Waals surface area contributed by atoms with Crippen LogP contribution in [0.1, 0.15) is 30.4 Å². The van der Waals surface area contributed by atoms with E-state index < -0.39 is 0 Å². The summed E-state index contributed by atoms with van der Waals surface area (Å²) in [6.07, 6.45) is 6.11. The Morgan fingerprint density at radius 2 is 1.83 bits per heavy atom. The van der Waals surface area contributed by atoms with Crippen LogP contribution in [0.5, 0.6) is 0 Å². The van der Waals surface area contributed by atoms with Gasteiger partial charge in [0.05, 0.1) is 0 Å². The highest BCUT2D eigenvalue weighted by Gasteiger charge is 2.36. The number of rotatable bonds is 4. The Labute approximate surface area is 141 Å². The summed E-state index contributed by atoms with van der Waals surface area (Å²) in [5.41, 5.74) is 3.05. The number of halogens is 2. The van der Waals surface area contributed by atoms with Crippen LogP contribution in [0.15, 0.2) is 60.2 Å². The highest BCUT2D eigenvalue weighted by Crippen LogP contribution is 2.37. The van der Waals surface area contributed by atoms with E-state index in [1.807, 2.05) is 6.07 Å². The van der Waals surface area contributed by atoms with Gasteiger partial charge in [0, 0.05) is 18.6 Å². The van der Waals surface area contributed by atoms with E-state index in [1.54, 1.807) is 0 Å². The van der Waals surface area contributed by atoms with Crippen molar-refractivity contribution in [2.24, 2.45) is 0 Å². The molecule has 0 aromatic heterocycles. The second-order valence-corrected chi connectivity index (χ2v) is 6.90. The molecular weight excluding hydrogens is 304 g/mol. The summed E-state index contributed by atoms with van der Waals surface area (Å²) >= 11 is 0. The van der Waals surface area contributed by atoms with Gasteiger partial charge >= 0.3 is 0 Å². The fraction of sp³-hybridized carbons (Fsp3) is 0.333. The Morgan fingerprint density at radius 3 is 2.62 bits per heavy atom. The molecule has 1 fully saturated rings. The van der Waals surface area contributed by atoms with Crippen molar-refractivity contribution in [1.82, 2.24) is 4.90 Å². The standard InChI is InChI=1S/C21H21F2N/c22-18-6-9-21(23)17(13-18)10-16-11-19-7-8-20(12-16)24(19)14-15-4-2-1-3-5-15/h1-6,9,11,13,19-20H,7-8,10,12,14H2. The molecule has 2 aromatic carbocycles. The third-order valence-corrected chi connectivity index (χ3v) is 5.25. The van der Waals surface area contributed by atoms with Crippen molar-refractivity contribution in [2.75, 3.05) is 0 Å². The first-order chi connectivity index (χ1) is 11.7. The number of nitrogens with zero attached hydrogens (tertiary/aromatic N) is 1. The molecule has 2 unspecified atom stereocenters. The molecule has 3 heteroatoms. The van der Waals surface area contributed by atoms with Crippen LogP contribution in [0.4, 0.5) is 8.78 Å². The van der Waals surface area contributed by atoms with Crippen molar-refractivity contribution in [3.63, 3.8) is 0 Å². The number of fused-ring (bicyclic) bond motifs is 2. The van der Waals surface area contributed by atoms with Crippen LogP contribution in [0.2, 0.25) is 0 Å². The van der Waals surface area contributed by atoms with Crippen molar-refractivity contribution in [2.45, 2.75) is 44.3 Å². The lowest BCUT2D eigenvalue weighted by molar-refractivity contribution is 0.194. The third-order valence-electron chi connectivity index (χ3n) is 5.25. The van der Waals surface area contributed by atoms with E-state index in [0.717, 1.165) is 19.4 Å². The van der Waals surface area contributed by atoms with Crippen LogP contribution >= 0.6 is 0 Å². The zero-order valence-corrected chi connectivity index (χ0v) is 13.6. The lowest BCUT2D eigenvalue weighted by atomic mass is 9.94. The van der Waals surface area contributed by atoms with Crippen molar-refractivity contribution < 1.29 is 8.78 Å². The quantitative estimate of drug-likeness (QED) is 0.725. The molecule has 0 saturated carbocycles. The molecule has 2 aromatic rings. The maximum atomic E-state index is 13.9. The number of benzene rings is 2. The Kier molecular flexibility index (Phi) is 4.19. The summed E-state index contributed by atoms with van der Waals surface area (Å²) in [7, 11) is 0. The van der Waals surface area contributed by atoms with Crippen LogP contribution < -0.4 is 0 Å². The highest BCUT2D eigenvalue weighted by molar-refractivity contribution is 5.28. The normalized spacial score (nSPS) is 23.3. The molecule has 2 bridgehead atoms. The average molecular weight is 325 g/mol. The van der Waals surface area contributed by atoms with Gasteiger partial charge in [-0.2, -0.15) is 0 Å². The van der Waals surface area contributed by atoms with E-state index in [0.29, 0.717) is 24.1 Å². The van der Waals surface area contributed by atoms with E-state index >= 15 is 0 Å². The second-order valence-electron chi connectivity index (χ2n) is 6.90. The molecule has 1 saturated heterocycles. The van der Waals surface area contributed by atoms with Crippen LogP contribution in [0.25, 0.3) is 0 Å². The summed E-state index contributed by atoms with van der Waals surface area (Å²) in [5.74, 6) is -0.673. The van der Waals surface area contributed by atoms with E-state index in [4.69, 9.17) is 0 Å². The minimum Gasteiger partial charge on any atom is -0.289 e. The number of hydrogen-bond donors (Lipinski definition) is 0. The Morgan fingerprint density at radius 1 is 1.00 bits per heavy atom. The Balaban J connectivity index is 1.50. The lowest BCUT2D eigenvalue weighted by Gasteiger charge is -2.34. The average Bonchev–Trinajstić information content (AvgIpc) is 2.81. The predicted octanol–water partition coefficient (Wildman–Crippen LogP) is 4.87. The van der Waals surface area contributed by atoms with Crippen molar-refractivity contribution in [3.05, 3.63) is 82.9 Å². The molecule has 24 heavy (non-hydrogen) atoms. The van der Waals surface area contributed by atoms with Crippen molar-refractivity contribution in [3.8, 4) is 0 Å². The molecule has 0 radical (unpaired) electrons. The SMILES string of the molecule is Fc1ccc(F)c(CC2=CC3CCC(C2)N3Cc2ccccc2)c1. The molecule has 4 rings (SSSR count). The summed E-state index contributed by atoms with van der Waals surface area (Å²) in [6, 6.07) is 15.2. The predicted molar refractivity (Wildman–Crippen MR) is 91.6 cm³/mol. The van der Waals surface area contributed by atoms with E-state index in [-0.39, 0.29) is 11.6 Å². The molecule has 0 spiro atoms. The maximum absolute atomic E-state index is 13.9. The number of hydrogen-bond acceptors (Lipinski definition) is 1. The fourth-order valence-corrected chi connectivity index (χ4v) is 4.10. The third kappa shape index (κ3) is 3.13. The molecule has 2 heterocycles. The van der Waals surface area contributed by atoms with E-state index in [2.05, 4.69) is 35.2 Å². The van der Waals surface area contributed by atoms with Gasteiger partial charge < -0.3 is 0 Å². The first kappa shape index (κ1) is 15.5. The lowest BCUT2D eigenvalue weighted by Crippen LogP contribution is -2.38. The van der Waals surface area contributed by atoms with Gasteiger partial charge in [-0.1, -0.05) is 42.0 Å². The summed E-state index contributed by atoms with van der Waals surface area (Å²) in [5, 5.41) is 0. The van der Waals surface area contributed by atoms with E-state index in [1.165, 1.54) is 35.8 Å². The fourth-order valence-electron chi connectivity index (χ4n) is 4.10. The van der Waals surface area contributed by atoms with Crippen LogP contribution in [0.3, 0.4) is 0 Å².